The number of nitrogens with zero attached hydrogens (tertiary/aromatic N) is 1. The first-order valence-corrected chi connectivity index (χ1v) is 10.1. The number of likely N-dealkylation sites (N-methyl/N-ethyl adjacent to an activating group) is 1. The normalized spacial score (nSPS) is 15.4. The standard InChI is InChI=1S/C23H29FN4O/c1-5-28(6-2)14-16(4)26-21-10-8-18(11-15(21)3)25-13-20-19-9-7-17(24)12-22(19)27-23(20)29/h7-13,16,25-26H,5-6,14H2,1-4H3,(H,27,29). The van der Waals surface area contributed by atoms with Crippen molar-refractivity contribution in [1.29, 1.82) is 0 Å². The first kappa shape index (κ1) is 20.9. The number of fused-ring (bicyclic) bond motifs is 1. The summed E-state index contributed by atoms with van der Waals surface area (Å²) in [5.41, 5.74) is 4.80. The van der Waals surface area contributed by atoms with E-state index in [0.717, 1.165) is 36.6 Å². The summed E-state index contributed by atoms with van der Waals surface area (Å²) >= 11 is 0. The van der Waals surface area contributed by atoms with Crippen molar-refractivity contribution in [3.05, 3.63) is 59.5 Å². The zero-order valence-electron chi connectivity index (χ0n) is 17.5. The second-order valence-corrected chi connectivity index (χ2v) is 7.41. The van der Waals surface area contributed by atoms with E-state index in [0.29, 0.717) is 22.9 Å². The van der Waals surface area contributed by atoms with Crippen LogP contribution in [0.3, 0.4) is 0 Å². The zero-order chi connectivity index (χ0) is 21.0. The number of halogens is 1. The maximum atomic E-state index is 13.4. The molecule has 0 aromatic heterocycles. The molecule has 1 aliphatic rings. The molecule has 0 saturated carbocycles. The number of amides is 1. The van der Waals surface area contributed by atoms with Crippen molar-refractivity contribution < 1.29 is 9.18 Å². The third-order valence-electron chi connectivity index (χ3n) is 5.20. The van der Waals surface area contributed by atoms with Crippen LogP contribution in [0.25, 0.3) is 5.57 Å². The molecular weight excluding hydrogens is 367 g/mol. The Hall–Kier alpha value is -2.86. The zero-order valence-corrected chi connectivity index (χ0v) is 17.5. The van der Waals surface area contributed by atoms with Crippen molar-refractivity contribution in [2.75, 3.05) is 35.6 Å². The highest BCUT2D eigenvalue weighted by molar-refractivity contribution is 6.31. The molecule has 0 bridgehead atoms. The molecule has 1 amide bonds. The lowest BCUT2D eigenvalue weighted by Gasteiger charge is -2.25. The minimum atomic E-state index is -0.368. The summed E-state index contributed by atoms with van der Waals surface area (Å²) < 4.78 is 13.4. The van der Waals surface area contributed by atoms with Gasteiger partial charge >= 0.3 is 0 Å². The molecule has 0 aliphatic carbocycles. The van der Waals surface area contributed by atoms with Crippen LogP contribution in [0.1, 0.15) is 31.9 Å². The highest BCUT2D eigenvalue weighted by atomic mass is 19.1. The molecule has 29 heavy (non-hydrogen) atoms. The van der Waals surface area contributed by atoms with Gasteiger partial charge in [-0.05, 0) is 68.9 Å². The van der Waals surface area contributed by atoms with E-state index in [9.17, 15) is 9.18 Å². The molecule has 1 aliphatic heterocycles. The van der Waals surface area contributed by atoms with Crippen LogP contribution >= 0.6 is 0 Å². The van der Waals surface area contributed by atoms with E-state index in [1.54, 1.807) is 12.3 Å². The Morgan fingerprint density at radius 1 is 1.17 bits per heavy atom. The van der Waals surface area contributed by atoms with Crippen molar-refractivity contribution in [3.8, 4) is 0 Å². The van der Waals surface area contributed by atoms with Crippen molar-refractivity contribution in [3.63, 3.8) is 0 Å². The molecule has 0 fully saturated rings. The van der Waals surface area contributed by atoms with E-state index >= 15 is 0 Å². The smallest absolute Gasteiger partial charge is 0.257 e. The Kier molecular flexibility index (Phi) is 6.54. The molecule has 3 N–H and O–H groups in total. The van der Waals surface area contributed by atoms with E-state index in [-0.39, 0.29) is 11.7 Å². The molecule has 1 heterocycles. The Balaban J connectivity index is 1.68. The Morgan fingerprint density at radius 3 is 2.62 bits per heavy atom. The van der Waals surface area contributed by atoms with E-state index in [4.69, 9.17) is 0 Å². The molecule has 0 saturated heterocycles. The lowest BCUT2D eigenvalue weighted by atomic mass is 10.1. The molecule has 1 unspecified atom stereocenters. The number of nitrogens with one attached hydrogen (secondary N) is 3. The van der Waals surface area contributed by atoms with Gasteiger partial charge in [0.2, 0.25) is 0 Å². The third kappa shape index (κ3) is 4.95. The molecule has 1 atom stereocenters. The molecule has 0 spiro atoms. The maximum Gasteiger partial charge on any atom is 0.257 e. The third-order valence-corrected chi connectivity index (χ3v) is 5.20. The average molecular weight is 397 g/mol. The van der Waals surface area contributed by atoms with Crippen LogP contribution in [0.4, 0.5) is 21.5 Å². The van der Waals surface area contributed by atoms with Crippen molar-refractivity contribution in [2.45, 2.75) is 33.7 Å². The predicted octanol–water partition coefficient (Wildman–Crippen LogP) is 4.68. The van der Waals surface area contributed by atoms with E-state index in [1.807, 2.05) is 18.2 Å². The molecule has 154 valence electrons. The van der Waals surface area contributed by atoms with Crippen molar-refractivity contribution in [1.82, 2.24) is 4.90 Å². The van der Waals surface area contributed by atoms with E-state index in [1.165, 1.54) is 12.1 Å². The minimum absolute atomic E-state index is 0.238. The van der Waals surface area contributed by atoms with Gasteiger partial charge in [-0.1, -0.05) is 13.8 Å². The summed E-state index contributed by atoms with van der Waals surface area (Å²) in [4.78, 5) is 14.6. The number of carbonyl (C=O) groups excluding carboxylic acids is 1. The predicted molar refractivity (Wildman–Crippen MR) is 119 cm³/mol. The molecular formula is C23H29FN4O. The lowest BCUT2D eigenvalue weighted by molar-refractivity contribution is -0.110. The Morgan fingerprint density at radius 2 is 1.93 bits per heavy atom. The minimum Gasteiger partial charge on any atom is -0.381 e. The van der Waals surface area contributed by atoms with Gasteiger partial charge in [-0.3, -0.25) is 4.79 Å². The van der Waals surface area contributed by atoms with Crippen molar-refractivity contribution >= 4 is 28.5 Å². The number of hydrogen-bond donors (Lipinski definition) is 3. The van der Waals surface area contributed by atoms with Gasteiger partial charge < -0.3 is 20.9 Å². The average Bonchev–Trinajstić information content (AvgIpc) is 3.00. The summed E-state index contributed by atoms with van der Waals surface area (Å²) in [7, 11) is 0. The number of hydrogen-bond acceptors (Lipinski definition) is 4. The van der Waals surface area contributed by atoms with Gasteiger partial charge in [-0.2, -0.15) is 0 Å². The topological polar surface area (TPSA) is 56.4 Å². The van der Waals surface area contributed by atoms with Crippen LogP contribution in [0.15, 0.2) is 42.6 Å². The molecule has 2 aromatic carbocycles. The monoisotopic (exact) mass is 396 g/mol. The fraction of sp³-hybridized carbons (Fsp3) is 0.348. The van der Waals surface area contributed by atoms with Gasteiger partial charge in [-0.15, -0.1) is 0 Å². The highest BCUT2D eigenvalue weighted by Gasteiger charge is 2.24. The number of carbonyl (C=O) groups is 1. The molecule has 5 nitrogen and oxygen atoms in total. The molecule has 0 radical (unpaired) electrons. The summed E-state index contributed by atoms with van der Waals surface area (Å²) in [6.07, 6.45) is 1.67. The van der Waals surface area contributed by atoms with Crippen LogP contribution in [-0.2, 0) is 4.79 Å². The summed E-state index contributed by atoms with van der Waals surface area (Å²) in [5, 5.41) is 9.46. The van der Waals surface area contributed by atoms with Gasteiger partial charge in [0.25, 0.3) is 5.91 Å². The highest BCUT2D eigenvalue weighted by Crippen LogP contribution is 2.32. The molecule has 3 rings (SSSR count). The van der Waals surface area contributed by atoms with E-state index < -0.39 is 0 Å². The van der Waals surface area contributed by atoms with Crippen LogP contribution in [0.2, 0.25) is 0 Å². The molecule has 2 aromatic rings. The Labute approximate surface area is 172 Å². The Bertz CT molecular complexity index is 921. The summed E-state index contributed by atoms with van der Waals surface area (Å²) in [5.74, 6) is -0.606. The summed E-state index contributed by atoms with van der Waals surface area (Å²) in [6.45, 7) is 11.7. The van der Waals surface area contributed by atoms with Crippen LogP contribution in [-0.4, -0.2) is 36.5 Å². The van der Waals surface area contributed by atoms with Gasteiger partial charge in [-0.25, -0.2) is 4.39 Å². The number of aryl methyl sites for hydroxylation is 1. The van der Waals surface area contributed by atoms with Gasteiger partial charge in [0.1, 0.15) is 5.82 Å². The van der Waals surface area contributed by atoms with Gasteiger partial charge in [0.15, 0.2) is 0 Å². The fourth-order valence-electron chi connectivity index (χ4n) is 3.56. The SMILES string of the molecule is CCN(CC)CC(C)Nc1ccc(NC=C2C(=O)Nc3cc(F)ccc32)cc1C. The quantitative estimate of drug-likeness (QED) is 0.567. The van der Waals surface area contributed by atoms with Crippen LogP contribution in [0, 0.1) is 12.7 Å². The van der Waals surface area contributed by atoms with Gasteiger partial charge in [0, 0.05) is 35.7 Å². The maximum absolute atomic E-state index is 13.4. The number of rotatable bonds is 8. The first-order valence-electron chi connectivity index (χ1n) is 10.1. The van der Waals surface area contributed by atoms with Gasteiger partial charge in [0.05, 0.1) is 11.3 Å². The van der Waals surface area contributed by atoms with E-state index in [2.05, 4.69) is 48.5 Å². The van der Waals surface area contributed by atoms with Crippen LogP contribution < -0.4 is 16.0 Å². The summed E-state index contributed by atoms with van der Waals surface area (Å²) in [6, 6.07) is 10.7. The van der Waals surface area contributed by atoms with Crippen molar-refractivity contribution in [2.24, 2.45) is 0 Å². The number of anilines is 3. The second kappa shape index (κ2) is 9.09. The molecule has 6 heteroatoms. The lowest BCUT2D eigenvalue weighted by Crippen LogP contribution is -2.34. The number of benzene rings is 2. The fourth-order valence-corrected chi connectivity index (χ4v) is 3.56. The largest absolute Gasteiger partial charge is 0.381 e. The second-order valence-electron chi connectivity index (χ2n) is 7.41. The van der Waals surface area contributed by atoms with Crippen LogP contribution in [0.5, 0.6) is 0 Å². The first-order chi connectivity index (χ1) is 13.9.